The Kier molecular flexibility index (Phi) is 6.01. The van der Waals surface area contributed by atoms with Crippen molar-refractivity contribution in [3.63, 3.8) is 0 Å². The highest BCUT2D eigenvalue weighted by Crippen LogP contribution is 2.48. The van der Waals surface area contributed by atoms with Crippen LogP contribution in [0.1, 0.15) is 41.1 Å². The van der Waals surface area contributed by atoms with Crippen LogP contribution in [0.4, 0.5) is 8.78 Å². The first kappa shape index (κ1) is 22.8. The zero-order chi connectivity index (χ0) is 24.0. The number of aryl methyl sites for hydroxylation is 1. The highest BCUT2D eigenvalue weighted by Gasteiger charge is 2.37. The average Bonchev–Trinajstić information content (AvgIpc) is 3.64. The van der Waals surface area contributed by atoms with Crippen LogP contribution in [-0.2, 0) is 24.7 Å². The number of aliphatic imine (C=N–C) groups is 1. The summed E-state index contributed by atoms with van der Waals surface area (Å²) in [6.07, 6.45) is 3.93. The average molecular weight is 484 g/mol. The van der Waals surface area contributed by atoms with Crippen molar-refractivity contribution in [2.45, 2.75) is 25.3 Å². The second kappa shape index (κ2) is 8.98. The second-order valence-electron chi connectivity index (χ2n) is 8.74. The quantitative estimate of drug-likeness (QED) is 0.522. The molecule has 1 aliphatic heterocycles. The minimum atomic E-state index is -2.19. The minimum Gasteiger partial charge on any atom is -0.318 e. The summed E-state index contributed by atoms with van der Waals surface area (Å²) in [5.74, 6) is -0.558. The van der Waals surface area contributed by atoms with Gasteiger partial charge in [-0.1, -0.05) is 0 Å². The maximum absolute atomic E-state index is 15.2. The lowest BCUT2D eigenvalue weighted by atomic mass is 9.89. The third kappa shape index (κ3) is 4.38. The first-order valence-corrected chi connectivity index (χ1v) is 12.1. The van der Waals surface area contributed by atoms with Crippen molar-refractivity contribution in [3.8, 4) is 11.1 Å². The van der Waals surface area contributed by atoms with Crippen molar-refractivity contribution < 1.29 is 17.5 Å². The van der Waals surface area contributed by atoms with Gasteiger partial charge in [0.25, 0.3) is 5.56 Å². The summed E-state index contributed by atoms with van der Waals surface area (Å²) in [4.78, 5) is 17.6. The van der Waals surface area contributed by atoms with Crippen molar-refractivity contribution >= 4 is 17.0 Å². The molecular weight excluding hydrogens is 460 g/mol. The summed E-state index contributed by atoms with van der Waals surface area (Å²) in [5.41, 5.74) is 4.33. The molecule has 2 aromatic carbocycles. The highest BCUT2D eigenvalue weighted by molar-refractivity contribution is 7.77. The molecule has 1 saturated carbocycles. The molecule has 1 fully saturated rings. The molecule has 34 heavy (non-hydrogen) atoms. The van der Waals surface area contributed by atoms with Gasteiger partial charge in [0, 0.05) is 42.5 Å². The first-order chi connectivity index (χ1) is 16.3. The monoisotopic (exact) mass is 483 g/mol. The molecule has 1 unspecified atom stereocenters. The Balaban J connectivity index is 1.74. The minimum absolute atomic E-state index is 0.114. The standard InChI is InChI=1S/C25H23F2N3O3S/c1-30-13-21-18-10-16(8-9-28-34(32)33)22(27)11-19(18)24(15-4-6-17(26)7-5-15)29-25(14-2-3-14)20(21)12-23(30)31/h4-7,10-14,25,28H,2-3,8-9H2,1H3,(H,32,33)/t25-/m0/s1. The smallest absolute Gasteiger partial charge is 0.250 e. The van der Waals surface area contributed by atoms with Crippen LogP contribution in [0, 0.1) is 17.6 Å². The van der Waals surface area contributed by atoms with E-state index in [9.17, 15) is 13.4 Å². The first-order valence-electron chi connectivity index (χ1n) is 11.0. The topological polar surface area (TPSA) is 83.7 Å². The molecule has 9 heteroatoms. The van der Waals surface area contributed by atoms with Crippen molar-refractivity contribution in [1.82, 2.24) is 9.29 Å². The number of aromatic nitrogens is 1. The largest absolute Gasteiger partial charge is 0.318 e. The summed E-state index contributed by atoms with van der Waals surface area (Å²) in [7, 11) is 1.67. The molecule has 0 spiro atoms. The Morgan fingerprint density at radius 3 is 2.53 bits per heavy atom. The number of hydrogen-bond donors (Lipinski definition) is 2. The lowest BCUT2D eigenvalue weighted by Crippen LogP contribution is -2.20. The van der Waals surface area contributed by atoms with Crippen molar-refractivity contribution in [3.05, 3.63) is 92.9 Å². The summed E-state index contributed by atoms with van der Waals surface area (Å²) in [6.45, 7) is 0.114. The molecule has 176 valence electrons. The van der Waals surface area contributed by atoms with Crippen LogP contribution in [0.2, 0.25) is 0 Å². The molecule has 0 bridgehead atoms. The fraction of sp³-hybridized carbons (Fsp3) is 0.280. The van der Waals surface area contributed by atoms with Crippen LogP contribution >= 0.6 is 0 Å². The van der Waals surface area contributed by atoms with E-state index in [1.54, 1.807) is 37.5 Å². The molecule has 6 nitrogen and oxygen atoms in total. The summed E-state index contributed by atoms with van der Waals surface area (Å²) < 4.78 is 52.7. The fourth-order valence-electron chi connectivity index (χ4n) is 4.50. The molecule has 1 aliphatic carbocycles. The number of benzene rings is 2. The van der Waals surface area contributed by atoms with E-state index in [4.69, 9.17) is 9.55 Å². The van der Waals surface area contributed by atoms with Gasteiger partial charge in [-0.2, -0.15) is 0 Å². The molecule has 0 amide bonds. The second-order valence-corrected chi connectivity index (χ2v) is 9.53. The van der Waals surface area contributed by atoms with E-state index in [0.29, 0.717) is 22.4 Å². The molecular formula is C25H23F2N3O3S. The summed E-state index contributed by atoms with van der Waals surface area (Å²) >= 11 is -2.19. The van der Waals surface area contributed by atoms with Gasteiger partial charge in [0.2, 0.25) is 11.3 Å². The van der Waals surface area contributed by atoms with Gasteiger partial charge in [-0.15, -0.1) is 0 Å². The van der Waals surface area contributed by atoms with Crippen LogP contribution in [-0.4, -0.2) is 25.6 Å². The number of nitrogens with zero attached hydrogens (tertiary/aromatic N) is 2. The van der Waals surface area contributed by atoms with Gasteiger partial charge < -0.3 is 4.57 Å². The molecule has 0 saturated heterocycles. The van der Waals surface area contributed by atoms with Crippen LogP contribution in [0.5, 0.6) is 0 Å². The van der Waals surface area contributed by atoms with Gasteiger partial charge >= 0.3 is 0 Å². The number of nitrogens with one attached hydrogen (secondary N) is 1. The van der Waals surface area contributed by atoms with Crippen molar-refractivity contribution in [1.29, 1.82) is 0 Å². The molecule has 0 radical (unpaired) electrons. The number of pyridine rings is 1. The molecule has 1 aromatic heterocycles. The molecule has 5 rings (SSSR count). The van der Waals surface area contributed by atoms with Crippen LogP contribution in [0.25, 0.3) is 11.1 Å². The van der Waals surface area contributed by atoms with Gasteiger partial charge in [-0.25, -0.2) is 17.7 Å². The zero-order valence-corrected chi connectivity index (χ0v) is 19.2. The Morgan fingerprint density at radius 1 is 1.12 bits per heavy atom. The van der Waals surface area contributed by atoms with Crippen LogP contribution in [0.3, 0.4) is 0 Å². The lowest BCUT2D eigenvalue weighted by molar-refractivity contribution is 0.547. The third-order valence-electron chi connectivity index (χ3n) is 6.39. The van der Waals surface area contributed by atoms with Gasteiger partial charge in [0.05, 0.1) is 11.8 Å². The van der Waals surface area contributed by atoms with Gasteiger partial charge in [-0.3, -0.25) is 14.3 Å². The fourth-order valence-corrected chi connectivity index (χ4v) is 4.78. The Labute approximate surface area is 197 Å². The van der Waals surface area contributed by atoms with E-state index in [-0.39, 0.29) is 36.3 Å². The Bertz CT molecular complexity index is 1380. The van der Waals surface area contributed by atoms with Gasteiger partial charge in [0.15, 0.2) is 0 Å². The summed E-state index contributed by atoms with van der Waals surface area (Å²) in [6, 6.07) is 10.5. The lowest BCUT2D eigenvalue weighted by Gasteiger charge is -2.16. The summed E-state index contributed by atoms with van der Waals surface area (Å²) in [5, 5.41) is 0. The number of halogens is 2. The molecule has 2 N–H and O–H groups in total. The Hall–Kier alpha value is -3.01. The van der Waals surface area contributed by atoms with E-state index in [1.807, 2.05) is 0 Å². The maximum atomic E-state index is 15.2. The van der Waals surface area contributed by atoms with E-state index < -0.39 is 17.1 Å². The van der Waals surface area contributed by atoms with Crippen molar-refractivity contribution in [2.75, 3.05) is 6.54 Å². The number of fused-ring (bicyclic) bond motifs is 3. The van der Waals surface area contributed by atoms with E-state index in [1.165, 1.54) is 22.8 Å². The van der Waals surface area contributed by atoms with Crippen LogP contribution in [0.15, 0.2) is 58.4 Å². The highest BCUT2D eigenvalue weighted by atomic mass is 32.2. The van der Waals surface area contributed by atoms with Crippen LogP contribution < -0.4 is 10.3 Å². The van der Waals surface area contributed by atoms with E-state index >= 15 is 4.39 Å². The normalized spacial score (nSPS) is 18.0. The zero-order valence-electron chi connectivity index (χ0n) is 18.4. The van der Waals surface area contributed by atoms with Crippen molar-refractivity contribution in [2.24, 2.45) is 18.0 Å². The Morgan fingerprint density at radius 2 is 1.85 bits per heavy atom. The molecule has 2 aliphatic rings. The SMILES string of the molecule is Cn1cc2c(cc1=O)[C@H](C1CC1)N=C(c1ccc(F)cc1)c1cc(F)c(CCNS(=O)O)cc1-2. The van der Waals surface area contributed by atoms with E-state index in [0.717, 1.165) is 29.5 Å². The molecule has 2 atom stereocenters. The molecule has 2 heterocycles. The number of rotatable bonds is 6. The predicted molar refractivity (Wildman–Crippen MR) is 127 cm³/mol. The molecule has 3 aromatic rings. The van der Waals surface area contributed by atoms with Gasteiger partial charge in [0.1, 0.15) is 11.6 Å². The third-order valence-corrected chi connectivity index (χ3v) is 6.84. The predicted octanol–water partition coefficient (Wildman–Crippen LogP) is 3.90. The van der Waals surface area contributed by atoms with E-state index in [2.05, 4.69) is 4.72 Å². The van der Waals surface area contributed by atoms with Gasteiger partial charge in [-0.05, 0) is 78.3 Å². The maximum Gasteiger partial charge on any atom is 0.250 e. The number of hydrogen-bond acceptors (Lipinski definition) is 3.